The van der Waals surface area contributed by atoms with Gasteiger partial charge in [0.1, 0.15) is 5.65 Å². The van der Waals surface area contributed by atoms with E-state index in [2.05, 4.69) is 265 Å². The molecule has 0 bridgehead atoms. The Balaban J connectivity index is 0.982. The molecule has 0 radical (unpaired) electrons. The molecular formula is C64H43N3. The summed E-state index contributed by atoms with van der Waals surface area (Å²) in [6.07, 6.45) is 0. The van der Waals surface area contributed by atoms with E-state index in [-0.39, 0.29) is 0 Å². The molecule has 0 saturated heterocycles. The molecule has 0 aliphatic rings. The van der Waals surface area contributed by atoms with Gasteiger partial charge in [-0.2, -0.15) is 0 Å². The van der Waals surface area contributed by atoms with Crippen LogP contribution in [0.25, 0.3) is 117 Å². The smallest absolute Gasteiger partial charge is 0.162 e. The molecule has 10 aromatic carbocycles. The highest BCUT2D eigenvalue weighted by Crippen LogP contribution is 2.40. The SMILES string of the molecule is c1ccc(-c2ccc(-c3cc(-c4ccccc4)cc(-c4cccc(-c5cccc(-c6nc(-c7cccc(-c8ccccc8)c7)c7c8ccccc8n(-c8ccccc8)c7n6)c5)c4)c3)cc2)cc1. The Morgan fingerprint density at radius 2 is 0.612 bits per heavy atom. The van der Waals surface area contributed by atoms with E-state index in [1.807, 2.05) is 0 Å². The van der Waals surface area contributed by atoms with Gasteiger partial charge in [0, 0.05) is 22.2 Å². The van der Waals surface area contributed by atoms with Crippen LogP contribution < -0.4 is 0 Å². The van der Waals surface area contributed by atoms with Crippen LogP contribution in [0.2, 0.25) is 0 Å². The van der Waals surface area contributed by atoms with Crippen molar-refractivity contribution in [2.75, 3.05) is 0 Å². The third-order valence-corrected chi connectivity index (χ3v) is 12.8. The third-order valence-electron chi connectivity index (χ3n) is 12.8. The fraction of sp³-hybridized carbons (Fsp3) is 0. The topological polar surface area (TPSA) is 30.7 Å². The van der Waals surface area contributed by atoms with Crippen LogP contribution in [0.1, 0.15) is 0 Å². The van der Waals surface area contributed by atoms with Crippen molar-refractivity contribution < 1.29 is 0 Å². The number of aromatic nitrogens is 3. The maximum absolute atomic E-state index is 5.51. The van der Waals surface area contributed by atoms with Gasteiger partial charge in [0.2, 0.25) is 0 Å². The van der Waals surface area contributed by atoms with Crippen LogP contribution in [0.3, 0.4) is 0 Å². The van der Waals surface area contributed by atoms with Crippen LogP contribution in [0.5, 0.6) is 0 Å². The number of rotatable bonds is 9. The Labute approximate surface area is 390 Å². The Bertz CT molecular complexity index is 3710. The molecule has 0 aliphatic heterocycles. The van der Waals surface area contributed by atoms with Crippen molar-refractivity contribution in [2.45, 2.75) is 0 Å². The Morgan fingerprint density at radius 3 is 1.21 bits per heavy atom. The molecule has 67 heavy (non-hydrogen) atoms. The van der Waals surface area contributed by atoms with Crippen LogP contribution in [0, 0.1) is 0 Å². The molecule has 0 unspecified atom stereocenters. The highest BCUT2D eigenvalue weighted by molar-refractivity contribution is 6.14. The molecule has 0 saturated carbocycles. The van der Waals surface area contributed by atoms with Crippen molar-refractivity contribution in [3.05, 3.63) is 261 Å². The first-order valence-corrected chi connectivity index (χ1v) is 22.8. The number of hydrogen-bond acceptors (Lipinski definition) is 2. The van der Waals surface area contributed by atoms with E-state index in [9.17, 15) is 0 Å². The van der Waals surface area contributed by atoms with E-state index < -0.39 is 0 Å². The van der Waals surface area contributed by atoms with Crippen LogP contribution >= 0.6 is 0 Å². The highest BCUT2D eigenvalue weighted by Gasteiger charge is 2.21. The minimum absolute atomic E-state index is 0.670. The van der Waals surface area contributed by atoms with E-state index in [4.69, 9.17) is 9.97 Å². The molecule has 12 rings (SSSR count). The molecule has 3 heteroatoms. The van der Waals surface area contributed by atoms with Gasteiger partial charge < -0.3 is 0 Å². The van der Waals surface area contributed by atoms with Gasteiger partial charge in [0.15, 0.2) is 5.82 Å². The Hall–Kier alpha value is -8.92. The predicted molar refractivity (Wildman–Crippen MR) is 280 cm³/mol. The van der Waals surface area contributed by atoms with Crippen LogP contribution in [-0.2, 0) is 0 Å². The van der Waals surface area contributed by atoms with Gasteiger partial charge in [0.05, 0.1) is 16.6 Å². The Morgan fingerprint density at radius 1 is 0.254 bits per heavy atom. The summed E-state index contributed by atoms with van der Waals surface area (Å²) in [4.78, 5) is 11.0. The molecule has 0 N–H and O–H groups in total. The van der Waals surface area contributed by atoms with Gasteiger partial charge in [-0.05, 0) is 121 Å². The van der Waals surface area contributed by atoms with Crippen molar-refractivity contribution in [2.24, 2.45) is 0 Å². The van der Waals surface area contributed by atoms with Gasteiger partial charge in [0.25, 0.3) is 0 Å². The molecule has 0 fully saturated rings. The second-order valence-electron chi connectivity index (χ2n) is 17.0. The summed E-state index contributed by atoms with van der Waals surface area (Å²) in [6.45, 7) is 0. The van der Waals surface area contributed by atoms with Crippen LogP contribution in [0.15, 0.2) is 261 Å². The van der Waals surface area contributed by atoms with E-state index in [0.717, 1.165) is 77.8 Å². The molecule has 12 aromatic rings. The summed E-state index contributed by atoms with van der Waals surface area (Å²) in [6, 6.07) is 93.1. The fourth-order valence-corrected chi connectivity index (χ4v) is 9.47. The maximum atomic E-state index is 5.51. The second kappa shape index (κ2) is 17.2. The summed E-state index contributed by atoms with van der Waals surface area (Å²) in [5.41, 5.74) is 19.9. The molecule has 314 valence electrons. The lowest BCUT2D eigenvalue weighted by Gasteiger charge is -2.13. The van der Waals surface area contributed by atoms with E-state index >= 15 is 0 Å². The average molecular weight is 854 g/mol. The lowest BCUT2D eigenvalue weighted by atomic mass is 9.91. The number of para-hydroxylation sites is 2. The monoisotopic (exact) mass is 853 g/mol. The van der Waals surface area contributed by atoms with Crippen molar-refractivity contribution in [3.63, 3.8) is 0 Å². The first kappa shape index (κ1) is 39.7. The minimum atomic E-state index is 0.670. The van der Waals surface area contributed by atoms with Gasteiger partial charge in [-0.15, -0.1) is 0 Å². The van der Waals surface area contributed by atoms with Crippen molar-refractivity contribution >= 4 is 21.9 Å². The lowest BCUT2D eigenvalue weighted by molar-refractivity contribution is 1.11. The first-order valence-electron chi connectivity index (χ1n) is 22.8. The molecule has 0 spiro atoms. The van der Waals surface area contributed by atoms with Gasteiger partial charge in [-0.3, -0.25) is 4.57 Å². The van der Waals surface area contributed by atoms with Crippen molar-refractivity contribution in [1.29, 1.82) is 0 Å². The van der Waals surface area contributed by atoms with E-state index in [1.54, 1.807) is 0 Å². The normalized spacial score (nSPS) is 11.3. The molecule has 3 nitrogen and oxygen atoms in total. The number of nitrogens with zero attached hydrogens (tertiary/aromatic N) is 3. The van der Waals surface area contributed by atoms with Crippen molar-refractivity contribution in [1.82, 2.24) is 14.5 Å². The zero-order valence-corrected chi connectivity index (χ0v) is 36.7. The van der Waals surface area contributed by atoms with Crippen LogP contribution in [0.4, 0.5) is 0 Å². The van der Waals surface area contributed by atoms with Crippen molar-refractivity contribution in [3.8, 4) is 95.1 Å². The number of benzene rings is 10. The van der Waals surface area contributed by atoms with Gasteiger partial charge >= 0.3 is 0 Å². The van der Waals surface area contributed by atoms with E-state index in [1.165, 1.54) is 33.4 Å². The minimum Gasteiger partial charge on any atom is -0.294 e. The maximum Gasteiger partial charge on any atom is 0.162 e. The third kappa shape index (κ3) is 7.69. The second-order valence-corrected chi connectivity index (χ2v) is 17.0. The summed E-state index contributed by atoms with van der Waals surface area (Å²) in [5.74, 6) is 0.670. The molecule has 2 heterocycles. The summed E-state index contributed by atoms with van der Waals surface area (Å²) >= 11 is 0. The summed E-state index contributed by atoms with van der Waals surface area (Å²) in [7, 11) is 0. The Kier molecular flexibility index (Phi) is 10.2. The lowest BCUT2D eigenvalue weighted by Crippen LogP contribution is -1.99. The standard InChI is InChI=1S/C64H43N3/c1-5-18-44(19-6-1)47-34-36-48(37-35-47)56-41-55(46-22-9-3-10-23-46)42-57(43-56)52-27-15-25-50(38-52)51-26-17-29-54(40-51)63-65-62(53-28-16-24-49(39-53)45-20-7-2-8-21-45)61-59-32-13-14-33-60(59)67(64(61)66-63)58-30-11-4-12-31-58/h1-43H. The summed E-state index contributed by atoms with van der Waals surface area (Å²) in [5, 5.41) is 2.14. The van der Waals surface area contributed by atoms with Gasteiger partial charge in [-0.25, -0.2) is 9.97 Å². The first-order chi connectivity index (χ1) is 33.2. The average Bonchev–Trinajstić information content (AvgIpc) is 3.76. The largest absolute Gasteiger partial charge is 0.294 e. The number of hydrogen-bond donors (Lipinski definition) is 0. The summed E-state index contributed by atoms with van der Waals surface area (Å²) < 4.78 is 2.28. The molecule has 0 amide bonds. The number of fused-ring (bicyclic) bond motifs is 3. The molecule has 2 aromatic heterocycles. The molecular weight excluding hydrogens is 811 g/mol. The van der Waals surface area contributed by atoms with E-state index in [0.29, 0.717) is 5.82 Å². The van der Waals surface area contributed by atoms with Crippen LogP contribution in [-0.4, -0.2) is 14.5 Å². The quantitative estimate of drug-likeness (QED) is 0.145. The predicted octanol–water partition coefficient (Wildman–Crippen LogP) is 16.9. The highest BCUT2D eigenvalue weighted by atomic mass is 15.1. The fourth-order valence-electron chi connectivity index (χ4n) is 9.47. The molecule has 0 atom stereocenters. The zero-order valence-electron chi connectivity index (χ0n) is 36.7. The van der Waals surface area contributed by atoms with Gasteiger partial charge in [-0.1, -0.05) is 206 Å². The molecule has 0 aliphatic carbocycles. The zero-order chi connectivity index (χ0) is 44.5.